The molecule has 5 nitrogen and oxygen atoms in total. The van der Waals surface area contributed by atoms with Gasteiger partial charge >= 0.3 is 5.97 Å². The van der Waals surface area contributed by atoms with Crippen LogP contribution in [0.2, 0.25) is 5.02 Å². The summed E-state index contributed by atoms with van der Waals surface area (Å²) in [5.41, 5.74) is 1.07. The van der Waals surface area contributed by atoms with Crippen LogP contribution in [0.1, 0.15) is 28.9 Å². The van der Waals surface area contributed by atoms with Gasteiger partial charge < -0.3 is 15.2 Å². The molecule has 0 saturated carbocycles. The molecule has 1 amide bonds. The van der Waals surface area contributed by atoms with E-state index in [-0.39, 0.29) is 17.4 Å². The zero-order chi connectivity index (χ0) is 16.8. The molecule has 2 rings (SSSR count). The SMILES string of the molecule is C[C@H](NC(=O)COC(=O)c1cccc(O)c1)c1ccc(Cl)cc1. The number of hydrogen-bond donors (Lipinski definition) is 2. The number of amides is 1. The van der Waals surface area contributed by atoms with Gasteiger partial charge in [-0.3, -0.25) is 4.79 Å². The molecule has 6 heteroatoms. The Morgan fingerprint density at radius 3 is 2.57 bits per heavy atom. The van der Waals surface area contributed by atoms with Gasteiger partial charge in [0.15, 0.2) is 6.61 Å². The van der Waals surface area contributed by atoms with Crippen molar-refractivity contribution in [3.05, 3.63) is 64.7 Å². The standard InChI is InChI=1S/C17H16ClNO4/c1-11(12-5-7-14(18)8-6-12)19-16(21)10-23-17(22)13-3-2-4-15(20)9-13/h2-9,11,20H,10H2,1H3,(H,19,21)/t11-/m0/s1. The number of aromatic hydroxyl groups is 1. The minimum Gasteiger partial charge on any atom is -0.508 e. The summed E-state index contributed by atoms with van der Waals surface area (Å²) in [5.74, 6) is -1.13. The normalized spacial score (nSPS) is 11.6. The highest BCUT2D eigenvalue weighted by Crippen LogP contribution is 2.16. The summed E-state index contributed by atoms with van der Waals surface area (Å²) in [7, 11) is 0. The largest absolute Gasteiger partial charge is 0.508 e. The highest BCUT2D eigenvalue weighted by Gasteiger charge is 2.13. The number of ether oxygens (including phenoxy) is 1. The van der Waals surface area contributed by atoms with Gasteiger partial charge in [0, 0.05) is 5.02 Å². The Balaban J connectivity index is 1.85. The molecule has 0 aliphatic carbocycles. The lowest BCUT2D eigenvalue weighted by Crippen LogP contribution is -2.31. The minimum absolute atomic E-state index is 0.0414. The molecule has 0 bridgehead atoms. The molecular weight excluding hydrogens is 318 g/mol. The quantitative estimate of drug-likeness (QED) is 0.824. The van der Waals surface area contributed by atoms with E-state index < -0.39 is 18.5 Å². The summed E-state index contributed by atoms with van der Waals surface area (Å²) in [6.45, 7) is 1.42. The maximum atomic E-state index is 11.8. The summed E-state index contributed by atoms with van der Waals surface area (Å²) in [5, 5.41) is 12.7. The molecule has 0 heterocycles. The highest BCUT2D eigenvalue weighted by atomic mass is 35.5. The smallest absolute Gasteiger partial charge is 0.338 e. The highest BCUT2D eigenvalue weighted by molar-refractivity contribution is 6.30. The fraction of sp³-hybridized carbons (Fsp3) is 0.176. The second-order valence-corrected chi connectivity index (χ2v) is 5.40. The average molecular weight is 334 g/mol. The number of nitrogens with one attached hydrogen (secondary N) is 1. The van der Waals surface area contributed by atoms with Gasteiger partial charge in [-0.05, 0) is 42.8 Å². The number of hydrogen-bond acceptors (Lipinski definition) is 4. The number of phenols is 1. The van der Waals surface area contributed by atoms with Crippen molar-refractivity contribution in [3.8, 4) is 5.75 Å². The van der Waals surface area contributed by atoms with Crippen LogP contribution in [0, 0.1) is 0 Å². The van der Waals surface area contributed by atoms with Crippen LogP contribution in [-0.4, -0.2) is 23.6 Å². The Hall–Kier alpha value is -2.53. The van der Waals surface area contributed by atoms with Gasteiger partial charge in [0.2, 0.25) is 0 Å². The van der Waals surface area contributed by atoms with Crippen LogP contribution in [0.3, 0.4) is 0 Å². The Morgan fingerprint density at radius 2 is 1.91 bits per heavy atom. The number of esters is 1. The van der Waals surface area contributed by atoms with Crippen molar-refractivity contribution in [2.24, 2.45) is 0 Å². The van der Waals surface area contributed by atoms with Crippen LogP contribution in [0.4, 0.5) is 0 Å². The van der Waals surface area contributed by atoms with Crippen molar-refractivity contribution < 1.29 is 19.4 Å². The number of rotatable bonds is 5. The molecule has 2 aromatic rings. The number of carbonyl (C=O) groups is 2. The average Bonchev–Trinajstić information content (AvgIpc) is 2.53. The first kappa shape index (κ1) is 16.8. The molecule has 0 spiro atoms. The van der Waals surface area contributed by atoms with Gasteiger partial charge in [-0.1, -0.05) is 29.8 Å². The summed E-state index contributed by atoms with van der Waals surface area (Å²) >= 11 is 5.81. The first-order valence-corrected chi connectivity index (χ1v) is 7.34. The summed E-state index contributed by atoms with van der Waals surface area (Å²) in [4.78, 5) is 23.6. The van der Waals surface area contributed by atoms with E-state index in [1.54, 1.807) is 12.1 Å². The van der Waals surface area contributed by atoms with Crippen LogP contribution in [0.25, 0.3) is 0 Å². The van der Waals surface area contributed by atoms with E-state index in [1.165, 1.54) is 24.3 Å². The Morgan fingerprint density at radius 1 is 1.22 bits per heavy atom. The second-order valence-electron chi connectivity index (χ2n) is 4.97. The first-order chi connectivity index (χ1) is 11.0. The molecule has 2 aromatic carbocycles. The number of carbonyl (C=O) groups excluding carboxylic acids is 2. The molecule has 23 heavy (non-hydrogen) atoms. The Labute approximate surface area is 138 Å². The van der Waals surface area contributed by atoms with E-state index in [0.717, 1.165) is 5.56 Å². The van der Waals surface area contributed by atoms with Gasteiger partial charge in [0.25, 0.3) is 5.91 Å². The molecule has 0 aromatic heterocycles. The van der Waals surface area contributed by atoms with Crippen molar-refractivity contribution in [2.75, 3.05) is 6.61 Å². The lowest BCUT2D eigenvalue weighted by Gasteiger charge is -2.14. The first-order valence-electron chi connectivity index (χ1n) is 6.96. The van der Waals surface area contributed by atoms with Crippen molar-refractivity contribution in [2.45, 2.75) is 13.0 Å². The fourth-order valence-corrected chi connectivity index (χ4v) is 2.09. The third-order valence-corrected chi connectivity index (χ3v) is 3.42. The van der Waals surface area contributed by atoms with Crippen LogP contribution in [0.15, 0.2) is 48.5 Å². The number of phenolic OH excluding ortho intramolecular Hbond substituents is 1. The molecule has 2 N–H and O–H groups in total. The Bertz CT molecular complexity index is 700. The lowest BCUT2D eigenvalue weighted by atomic mass is 10.1. The topological polar surface area (TPSA) is 75.6 Å². The molecule has 0 saturated heterocycles. The number of benzene rings is 2. The molecule has 120 valence electrons. The van der Waals surface area contributed by atoms with E-state index in [9.17, 15) is 14.7 Å². The van der Waals surface area contributed by atoms with Crippen molar-refractivity contribution >= 4 is 23.5 Å². The van der Waals surface area contributed by atoms with Crippen LogP contribution in [0.5, 0.6) is 5.75 Å². The summed E-state index contributed by atoms with van der Waals surface area (Å²) in [6.07, 6.45) is 0. The summed E-state index contributed by atoms with van der Waals surface area (Å²) < 4.78 is 4.92. The Kier molecular flexibility index (Phi) is 5.60. The van der Waals surface area contributed by atoms with Gasteiger partial charge in [-0.2, -0.15) is 0 Å². The van der Waals surface area contributed by atoms with Gasteiger partial charge in [0.1, 0.15) is 5.75 Å². The van der Waals surface area contributed by atoms with Crippen LogP contribution in [-0.2, 0) is 9.53 Å². The molecule has 0 unspecified atom stereocenters. The zero-order valence-corrected chi connectivity index (χ0v) is 13.2. The molecule has 0 radical (unpaired) electrons. The van der Waals surface area contributed by atoms with Gasteiger partial charge in [-0.25, -0.2) is 4.79 Å². The predicted octanol–water partition coefficient (Wildman–Crippen LogP) is 3.08. The lowest BCUT2D eigenvalue weighted by molar-refractivity contribution is -0.124. The van der Waals surface area contributed by atoms with E-state index in [2.05, 4.69) is 5.32 Å². The van der Waals surface area contributed by atoms with E-state index in [0.29, 0.717) is 5.02 Å². The molecule has 0 fully saturated rings. The van der Waals surface area contributed by atoms with Crippen molar-refractivity contribution in [1.29, 1.82) is 0 Å². The zero-order valence-electron chi connectivity index (χ0n) is 12.5. The number of halogens is 1. The van der Waals surface area contributed by atoms with Crippen molar-refractivity contribution in [3.63, 3.8) is 0 Å². The van der Waals surface area contributed by atoms with Gasteiger partial charge in [-0.15, -0.1) is 0 Å². The van der Waals surface area contributed by atoms with E-state index in [4.69, 9.17) is 16.3 Å². The maximum absolute atomic E-state index is 11.8. The molecule has 0 aliphatic rings. The third kappa shape index (κ3) is 5.00. The second kappa shape index (κ2) is 7.65. The van der Waals surface area contributed by atoms with E-state index >= 15 is 0 Å². The summed E-state index contributed by atoms with van der Waals surface area (Å²) in [6, 6.07) is 12.6. The monoisotopic (exact) mass is 333 g/mol. The van der Waals surface area contributed by atoms with Crippen LogP contribution < -0.4 is 5.32 Å². The third-order valence-electron chi connectivity index (χ3n) is 3.16. The fourth-order valence-electron chi connectivity index (χ4n) is 1.97. The minimum atomic E-state index is -0.671. The molecule has 0 aliphatic heterocycles. The molecule has 1 atom stereocenters. The van der Waals surface area contributed by atoms with Crippen molar-refractivity contribution in [1.82, 2.24) is 5.32 Å². The molecular formula is C17H16ClNO4. The predicted molar refractivity (Wildman–Crippen MR) is 86.4 cm³/mol. The maximum Gasteiger partial charge on any atom is 0.338 e. The van der Waals surface area contributed by atoms with Crippen LogP contribution >= 0.6 is 11.6 Å². The van der Waals surface area contributed by atoms with E-state index in [1.807, 2.05) is 19.1 Å². The van der Waals surface area contributed by atoms with Gasteiger partial charge in [0.05, 0.1) is 11.6 Å².